The first-order valence-electron chi connectivity index (χ1n) is 7.23. The fourth-order valence-corrected chi connectivity index (χ4v) is 3.58. The SMILES string of the molecule is O=C1C2=C(C=CCC2)c2c1ccc1oc3ccccc3c21. The molecule has 21 heavy (non-hydrogen) atoms. The molecule has 0 saturated heterocycles. The van der Waals surface area contributed by atoms with E-state index in [9.17, 15) is 4.79 Å². The summed E-state index contributed by atoms with van der Waals surface area (Å²) in [6.45, 7) is 0. The number of carbonyl (C=O) groups is 1. The zero-order valence-corrected chi connectivity index (χ0v) is 11.3. The van der Waals surface area contributed by atoms with Gasteiger partial charge in [-0.15, -0.1) is 0 Å². The lowest BCUT2D eigenvalue weighted by molar-refractivity contribution is 0.103. The van der Waals surface area contributed by atoms with Crippen molar-refractivity contribution in [3.05, 3.63) is 65.3 Å². The average molecular weight is 272 g/mol. The maximum absolute atomic E-state index is 12.6. The molecule has 100 valence electrons. The molecule has 0 amide bonds. The molecular formula is C19H12O2. The smallest absolute Gasteiger partial charge is 0.190 e. The highest BCUT2D eigenvalue weighted by molar-refractivity contribution is 6.28. The number of ketones is 1. The van der Waals surface area contributed by atoms with Gasteiger partial charge in [0.1, 0.15) is 11.2 Å². The molecule has 0 bridgehead atoms. The number of rotatable bonds is 0. The number of hydrogen-bond donors (Lipinski definition) is 0. The van der Waals surface area contributed by atoms with Crippen molar-refractivity contribution in [2.45, 2.75) is 12.8 Å². The van der Waals surface area contributed by atoms with Gasteiger partial charge < -0.3 is 4.42 Å². The van der Waals surface area contributed by atoms with Gasteiger partial charge in [0, 0.05) is 27.5 Å². The Kier molecular flexibility index (Phi) is 1.97. The molecular weight excluding hydrogens is 260 g/mol. The van der Waals surface area contributed by atoms with Crippen LogP contribution in [-0.4, -0.2) is 5.78 Å². The fourth-order valence-electron chi connectivity index (χ4n) is 3.58. The number of Topliss-reactive ketones (excluding diaryl/α,β-unsaturated/α-hetero) is 1. The highest BCUT2D eigenvalue weighted by Crippen LogP contribution is 2.44. The van der Waals surface area contributed by atoms with Crippen LogP contribution in [0.25, 0.3) is 27.5 Å². The molecule has 0 unspecified atom stereocenters. The van der Waals surface area contributed by atoms with E-state index < -0.39 is 0 Å². The molecule has 0 fully saturated rings. The summed E-state index contributed by atoms with van der Waals surface area (Å²) >= 11 is 0. The van der Waals surface area contributed by atoms with Crippen LogP contribution < -0.4 is 0 Å². The predicted molar refractivity (Wildman–Crippen MR) is 83.3 cm³/mol. The largest absolute Gasteiger partial charge is 0.456 e. The molecule has 1 heterocycles. The molecule has 2 aliphatic carbocycles. The minimum atomic E-state index is 0.191. The Labute approximate surface area is 121 Å². The molecule has 2 aromatic carbocycles. The molecule has 0 radical (unpaired) electrons. The van der Waals surface area contributed by atoms with Gasteiger partial charge in [0.05, 0.1) is 0 Å². The van der Waals surface area contributed by atoms with Crippen LogP contribution >= 0.6 is 0 Å². The number of fused-ring (bicyclic) bond motifs is 6. The Morgan fingerprint density at radius 1 is 1.00 bits per heavy atom. The third-order valence-electron chi connectivity index (χ3n) is 4.50. The molecule has 2 aliphatic rings. The highest BCUT2D eigenvalue weighted by atomic mass is 16.3. The van der Waals surface area contributed by atoms with Crippen LogP contribution in [0, 0.1) is 0 Å². The van der Waals surface area contributed by atoms with E-state index in [1.807, 2.05) is 30.3 Å². The van der Waals surface area contributed by atoms with Gasteiger partial charge in [-0.1, -0.05) is 30.4 Å². The standard InChI is InChI=1S/C19H12O2/c20-19-12-6-2-1-5-11(12)17-14(19)9-10-16-18(17)13-7-3-4-8-15(13)21-16/h1,3-5,7-10H,2,6H2. The number of carbonyl (C=O) groups excluding carboxylic acids is 1. The highest BCUT2D eigenvalue weighted by Gasteiger charge is 2.31. The Morgan fingerprint density at radius 2 is 1.90 bits per heavy atom. The van der Waals surface area contributed by atoms with Crippen LogP contribution in [0.3, 0.4) is 0 Å². The number of para-hydroxylation sites is 1. The van der Waals surface area contributed by atoms with Crippen molar-refractivity contribution in [1.29, 1.82) is 0 Å². The number of allylic oxidation sites excluding steroid dienone is 4. The van der Waals surface area contributed by atoms with Crippen LogP contribution in [0.4, 0.5) is 0 Å². The molecule has 0 N–H and O–H groups in total. The van der Waals surface area contributed by atoms with Crippen molar-refractivity contribution in [2.75, 3.05) is 0 Å². The Morgan fingerprint density at radius 3 is 2.86 bits per heavy atom. The second kappa shape index (κ2) is 3.73. The first kappa shape index (κ1) is 11.1. The normalized spacial score (nSPS) is 16.9. The third kappa shape index (κ3) is 1.30. The maximum atomic E-state index is 12.6. The van der Waals surface area contributed by atoms with Gasteiger partial charge in [-0.2, -0.15) is 0 Å². The Bertz CT molecular complexity index is 999. The zero-order chi connectivity index (χ0) is 14.0. The van der Waals surface area contributed by atoms with E-state index in [4.69, 9.17) is 4.42 Å². The van der Waals surface area contributed by atoms with Gasteiger partial charge in [0.15, 0.2) is 5.78 Å². The van der Waals surface area contributed by atoms with Crippen LogP contribution in [-0.2, 0) is 0 Å². The molecule has 5 rings (SSSR count). The lowest BCUT2D eigenvalue weighted by atomic mass is 9.95. The van der Waals surface area contributed by atoms with Crippen molar-refractivity contribution in [3.8, 4) is 0 Å². The average Bonchev–Trinajstić information content (AvgIpc) is 3.04. The third-order valence-corrected chi connectivity index (χ3v) is 4.50. The van der Waals surface area contributed by atoms with E-state index in [0.717, 1.165) is 57.1 Å². The molecule has 0 spiro atoms. The molecule has 1 aromatic heterocycles. The Balaban J connectivity index is 2.01. The number of hydrogen-bond acceptors (Lipinski definition) is 2. The van der Waals surface area contributed by atoms with Crippen molar-refractivity contribution in [1.82, 2.24) is 0 Å². The molecule has 0 aliphatic heterocycles. The van der Waals surface area contributed by atoms with Crippen molar-refractivity contribution in [2.24, 2.45) is 0 Å². The summed E-state index contributed by atoms with van der Waals surface area (Å²) in [4.78, 5) is 12.6. The predicted octanol–water partition coefficient (Wildman–Crippen LogP) is 4.89. The lowest BCUT2D eigenvalue weighted by Gasteiger charge is -2.07. The van der Waals surface area contributed by atoms with Gasteiger partial charge in [0.2, 0.25) is 0 Å². The lowest BCUT2D eigenvalue weighted by Crippen LogP contribution is -1.99. The first-order valence-corrected chi connectivity index (χ1v) is 7.23. The monoisotopic (exact) mass is 272 g/mol. The van der Waals surface area contributed by atoms with Crippen LogP contribution in [0.2, 0.25) is 0 Å². The minimum Gasteiger partial charge on any atom is -0.456 e. The quantitative estimate of drug-likeness (QED) is 0.583. The summed E-state index contributed by atoms with van der Waals surface area (Å²) in [7, 11) is 0. The van der Waals surface area contributed by atoms with Gasteiger partial charge in [-0.25, -0.2) is 0 Å². The van der Waals surface area contributed by atoms with Crippen LogP contribution in [0.1, 0.15) is 28.8 Å². The van der Waals surface area contributed by atoms with E-state index in [1.165, 1.54) is 0 Å². The van der Waals surface area contributed by atoms with E-state index in [0.29, 0.717) is 0 Å². The van der Waals surface area contributed by atoms with Crippen molar-refractivity contribution in [3.63, 3.8) is 0 Å². The summed E-state index contributed by atoms with van der Waals surface area (Å²) in [6, 6.07) is 11.9. The number of furan rings is 1. The first-order chi connectivity index (χ1) is 10.3. The van der Waals surface area contributed by atoms with Gasteiger partial charge in [0.25, 0.3) is 0 Å². The van der Waals surface area contributed by atoms with E-state index in [2.05, 4.69) is 18.2 Å². The Hall–Kier alpha value is -2.61. The summed E-state index contributed by atoms with van der Waals surface area (Å²) in [6.07, 6.45) is 6.05. The summed E-state index contributed by atoms with van der Waals surface area (Å²) in [5, 5.41) is 2.16. The molecule has 0 atom stereocenters. The summed E-state index contributed by atoms with van der Waals surface area (Å²) in [5.74, 6) is 0.191. The topological polar surface area (TPSA) is 30.2 Å². The van der Waals surface area contributed by atoms with Crippen LogP contribution in [0.5, 0.6) is 0 Å². The van der Waals surface area contributed by atoms with Gasteiger partial charge in [-0.3, -0.25) is 4.79 Å². The molecule has 2 heteroatoms. The van der Waals surface area contributed by atoms with Gasteiger partial charge in [-0.05, 0) is 36.6 Å². The zero-order valence-electron chi connectivity index (χ0n) is 11.3. The van der Waals surface area contributed by atoms with Crippen molar-refractivity contribution < 1.29 is 9.21 Å². The van der Waals surface area contributed by atoms with Crippen molar-refractivity contribution >= 4 is 33.3 Å². The van der Waals surface area contributed by atoms with E-state index in [1.54, 1.807) is 0 Å². The maximum Gasteiger partial charge on any atom is 0.190 e. The second-order valence-corrected chi connectivity index (χ2v) is 5.62. The molecule has 0 saturated carbocycles. The summed E-state index contributed by atoms with van der Waals surface area (Å²) in [5.41, 5.74) is 5.68. The van der Waals surface area contributed by atoms with E-state index >= 15 is 0 Å². The van der Waals surface area contributed by atoms with E-state index in [-0.39, 0.29) is 5.78 Å². The van der Waals surface area contributed by atoms with Crippen LogP contribution in [0.15, 0.2) is 58.5 Å². The second-order valence-electron chi connectivity index (χ2n) is 5.62. The fraction of sp³-hybridized carbons (Fsp3) is 0.105. The minimum absolute atomic E-state index is 0.191. The summed E-state index contributed by atoms with van der Waals surface area (Å²) < 4.78 is 5.93. The molecule has 3 aromatic rings. The van der Waals surface area contributed by atoms with Gasteiger partial charge >= 0.3 is 0 Å². The molecule has 2 nitrogen and oxygen atoms in total. The number of benzene rings is 2.